The van der Waals surface area contributed by atoms with Gasteiger partial charge in [0.05, 0.1) is 0 Å². The Bertz CT molecular complexity index is 783. The zero-order valence-electron chi connectivity index (χ0n) is 15.7. The highest BCUT2D eigenvalue weighted by molar-refractivity contribution is 5.86. The van der Waals surface area contributed by atoms with Gasteiger partial charge in [-0.2, -0.15) is 0 Å². The molecule has 4 heteroatoms. The summed E-state index contributed by atoms with van der Waals surface area (Å²) < 4.78 is 0. The van der Waals surface area contributed by atoms with Crippen LogP contribution >= 0.6 is 0 Å². The Morgan fingerprint density at radius 3 is 2.81 bits per heavy atom. The number of hydrazine groups is 1. The summed E-state index contributed by atoms with van der Waals surface area (Å²) in [6.07, 6.45) is 2.28. The number of hydrogen-bond acceptors (Lipinski definition) is 3. The van der Waals surface area contributed by atoms with Gasteiger partial charge in [0.1, 0.15) is 0 Å². The minimum absolute atomic E-state index is 0.0808. The molecular weight excluding hydrogens is 322 g/mol. The molecule has 3 unspecified atom stereocenters. The van der Waals surface area contributed by atoms with Crippen LogP contribution in [0.2, 0.25) is 0 Å². The summed E-state index contributed by atoms with van der Waals surface area (Å²) >= 11 is 0. The second-order valence-electron chi connectivity index (χ2n) is 8.07. The minimum atomic E-state index is 0.0808. The molecule has 2 aromatic rings. The molecule has 26 heavy (non-hydrogen) atoms. The molecule has 0 spiro atoms. The van der Waals surface area contributed by atoms with Crippen molar-refractivity contribution in [3.63, 3.8) is 0 Å². The highest BCUT2D eigenvalue weighted by Crippen LogP contribution is 2.35. The third-order valence-electron chi connectivity index (χ3n) is 6.02. The highest BCUT2D eigenvalue weighted by Gasteiger charge is 2.38. The van der Waals surface area contributed by atoms with Crippen LogP contribution in [-0.4, -0.2) is 36.5 Å². The first-order valence-electron chi connectivity index (χ1n) is 9.90. The summed E-state index contributed by atoms with van der Waals surface area (Å²) in [6.45, 7) is 6.72. The number of piperidine rings is 1. The summed E-state index contributed by atoms with van der Waals surface area (Å²) in [5.74, 6) is 1.30. The van der Waals surface area contributed by atoms with Crippen molar-refractivity contribution < 1.29 is 4.79 Å². The molecule has 2 heterocycles. The van der Waals surface area contributed by atoms with E-state index in [9.17, 15) is 4.79 Å². The van der Waals surface area contributed by atoms with E-state index in [-0.39, 0.29) is 5.92 Å². The van der Waals surface area contributed by atoms with Gasteiger partial charge >= 0.3 is 0 Å². The molecule has 2 saturated heterocycles. The molecule has 0 radical (unpaired) electrons. The zero-order chi connectivity index (χ0) is 18.1. The minimum Gasteiger partial charge on any atom is -0.342 e. The van der Waals surface area contributed by atoms with E-state index in [0.29, 0.717) is 23.8 Å². The molecule has 2 aliphatic heterocycles. The van der Waals surface area contributed by atoms with Crippen molar-refractivity contribution in [3.05, 3.63) is 48.0 Å². The lowest BCUT2D eigenvalue weighted by Gasteiger charge is -2.38. The largest absolute Gasteiger partial charge is 0.342 e. The van der Waals surface area contributed by atoms with Crippen molar-refractivity contribution in [1.29, 1.82) is 0 Å². The lowest BCUT2D eigenvalue weighted by Crippen LogP contribution is -2.49. The number of benzene rings is 2. The van der Waals surface area contributed by atoms with Crippen LogP contribution in [0.3, 0.4) is 0 Å². The second kappa shape index (κ2) is 7.37. The third kappa shape index (κ3) is 3.24. The number of carbonyl (C=O) groups excluding carboxylic acids is 1. The molecule has 1 amide bonds. The fourth-order valence-electron chi connectivity index (χ4n) is 4.71. The summed E-state index contributed by atoms with van der Waals surface area (Å²) in [6, 6.07) is 15.6. The van der Waals surface area contributed by atoms with Crippen molar-refractivity contribution in [2.45, 2.75) is 38.6 Å². The van der Waals surface area contributed by atoms with Gasteiger partial charge in [-0.3, -0.25) is 15.6 Å². The molecule has 2 N–H and O–H groups in total. The Hall–Kier alpha value is -1.91. The molecule has 2 aromatic carbocycles. The van der Waals surface area contributed by atoms with E-state index in [0.717, 1.165) is 26.1 Å². The Labute approximate surface area is 155 Å². The first kappa shape index (κ1) is 17.5. The number of likely N-dealkylation sites (tertiary alicyclic amines) is 1. The monoisotopic (exact) mass is 351 g/mol. The van der Waals surface area contributed by atoms with Gasteiger partial charge in [0.2, 0.25) is 5.91 Å². The smallest absolute Gasteiger partial charge is 0.225 e. The maximum atomic E-state index is 12.5. The number of amides is 1. The Morgan fingerprint density at radius 2 is 1.96 bits per heavy atom. The lowest BCUT2D eigenvalue weighted by atomic mass is 9.79. The van der Waals surface area contributed by atoms with Gasteiger partial charge in [-0.1, -0.05) is 56.3 Å². The molecule has 2 aliphatic rings. The lowest BCUT2D eigenvalue weighted by molar-refractivity contribution is -0.136. The molecule has 0 saturated carbocycles. The topological polar surface area (TPSA) is 44.4 Å². The van der Waals surface area contributed by atoms with Crippen molar-refractivity contribution in [3.8, 4) is 0 Å². The van der Waals surface area contributed by atoms with Crippen LogP contribution in [0.15, 0.2) is 42.5 Å². The fourth-order valence-corrected chi connectivity index (χ4v) is 4.71. The molecule has 0 aromatic heterocycles. The number of fused-ring (bicyclic) bond motifs is 1. The predicted octanol–water partition coefficient (Wildman–Crippen LogP) is 3.29. The van der Waals surface area contributed by atoms with Crippen LogP contribution in [0.25, 0.3) is 10.8 Å². The first-order chi connectivity index (χ1) is 12.6. The standard InChI is InChI=1S/C22H29N3O/c1-15(2)22(26)25-12-6-9-17(14-25)21-20(13-23-24-21)19-11-5-8-16-7-3-4-10-18(16)19/h3-5,7-8,10-11,15,17,20-21,23-24H,6,9,12-14H2,1-2H3. The molecule has 4 nitrogen and oxygen atoms in total. The van der Waals surface area contributed by atoms with Crippen molar-refractivity contribution in [2.24, 2.45) is 11.8 Å². The van der Waals surface area contributed by atoms with E-state index in [1.807, 2.05) is 13.8 Å². The Morgan fingerprint density at radius 1 is 1.15 bits per heavy atom. The molecule has 2 fully saturated rings. The third-order valence-corrected chi connectivity index (χ3v) is 6.02. The van der Waals surface area contributed by atoms with E-state index >= 15 is 0 Å². The number of hydrogen-bond donors (Lipinski definition) is 2. The number of carbonyl (C=O) groups is 1. The van der Waals surface area contributed by atoms with Crippen LogP contribution in [0, 0.1) is 11.8 Å². The van der Waals surface area contributed by atoms with E-state index < -0.39 is 0 Å². The highest BCUT2D eigenvalue weighted by atomic mass is 16.2. The van der Waals surface area contributed by atoms with Crippen LogP contribution in [-0.2, 0) is 4.79 Å². The van der Waals surface area contributed by atoms with Gasteiger partial charge in [-0.05, 0) is 35.1 Å². The van der Waals surface area contributed by atoms with Gasteiger partial charge in [0.25, 0.3) is 0 Å². The molecule has 138 valence electrons. The zero-order valence-corrected chi connectivity index (χ0v) is 15.7. The maximum Gasteiger partial charge on any atom is 0.225 e. The van der Waals surface area contributed by atoms with Crippen LogP contribution in [0.1, 0.15) is 38.2 Å². The number of nitrogens with zero attached hydrogens (tertiary/aromatic N) is 1. The van der Waals surface area contributed by atoms with E-state index in [1.165, 1.54) is 22.8 Å². The van der Waals surface area contributed by atoms with Crippen molar-refractivity contribution in [2.75, 3.05) is 19.6 Å². The van der Waals surface area contributed by atoms with Gasteiger partial charge in [0, 0.05) is 37.5 Å². The SMILES string of the molecule is CC(C)C(=O)N1CCCC(C2NNCC2c2cccc3ccccc23)C1. The molecule has 0 bridgehead atoms. The number of nitrogens with one attached hydrogen (secondary N) is 2. The fraction of sp³-hybridized carbons (Fsp3) is 0.500. The first-order valence-corrected chi connectivity index (χ1v) is 9.90. The maximum absolute atomic E-state index is 12.5. The Kier molecular flexibility index (Phi) is 4.96. The average Bonchev–Trinajstić information content (AvgIpc) is 3.16. The van der Waals surface area contributed by atoms with Crippen molar-refractivity contribution in [1.82, 2.24) is 15.8 Å². The van der Waals surface area contributed by atoms with Crippen molar-refractivity contribution >= 4 is 16.7 Å². The Balaban J connectivity index is 1.59. The summed E-state index contributed by atoms with van der Waals surface area (Å²) in [4.78, 5) is 14.6. The second-order valence-corrected chi connectivity index (χ2v) is 8.07. The summed E-state index contributed by atoms with van der Waals surface area (Å²) in [5, 5.41) is 2.65. The van der Waals surface area contributed by atoms with E-state index in [4.69, 9.17) is 0 Å². The summed E-state index contributed by atoms with van der Waals surface area (Å²) in [7, 11) is 0. The average molecular weight is 351 g/mol. The van der Waals surface area contributed by atoms with Crippen LogP contribution in [0.5, 0.6) is 0 Å². The van der Waals surface area contributed by atoms with Gasteiger partial charge in [-0.15, -0.1) is 0 Å². The summed E-state index contributed by atoms with van der Waals surface area (Å²) in [5.41, 5.74) is 8.35. The number of rotatable bonds is 3. The van der Waals surface area contributed by atoms with E-state index in [2.05, 4.69) is 58.2 Å². The van der Waals surface area contributed by atoms with Crippen LogP contribution in [0.4, 0.5) is 0 Å². The molecule has 0 aliphatic carbocycles. The van der Waals surface area contributed by atoms with Crippen LogP contribution < -0.4 is 10.9 Å². The molecular formula is C22H29N3O. The quantitative estimate of drug-likeness (QED) is 0.892. The van der Waals surface area contributed by atoms with Gasteiger partial charge < -0.3 is 4.90 Å². The normalized spacial score (nSPS) is 26.6. The van der Waals surface area contributed by atoms with Gasteiger partial charge in [-0.25, -0.2) is 0 Å². The predicted molar refractivity (Wildman–Crippen MR) is 106 cm³/mol. The molecule has 3 atom stereocenters. The van der Waals surface area contributed by atoms with E-state index in [1.54, 1.807) is 0 Å². The van der Waals surface area contributed by atoms with Gasteiger partial charge in [0.15, 0.2) is 0 Å². The molecule has 4 rings (SSSR count).